The molecule has 0 unspecified atom stereocenters. The van der Waals surface area contributed by atoms with Gasteiger partial charge in [0.25, 0.3) is 0 Å². The van der Waals surface area contributed by atoms with Gasteiger partial charge in [0.1, 0.15) is 11.9 Å². The van der Waals surface area contributed by atoms with Crippen LogP contribution in [0.25, 0.3) is 0 Å². The lowest BCUT2D eigenvalue weighted by Gasteiger charge is -2.35. The van der Waals surface area contributed by atoms with Crippen molar-refractivity contribution in [2.75, 3.05) is 26.2 Å². The van der Waals surface area contributed by atoms with E-state index in [2.05, 4.69) is 10.3 Å². The molecule has 1 saturated heterocycles. The van der Waals surface area contributed by atoms with E-state index >= 15 is 0 Å². The zero-order chi connectivity index (χ0) is 17.8. The first-order valence-corrected chi connectivity index (χ1v) is 8.39. The van der Waals surface area contributed by atoms with E-state index in [1.165, 1.54) is 0 Å². The van der Waals surface area contributed by atoms with E-state index in [4.69, 9.17) is 0 Å². The molecule has 0 radical (unpaired) electrons. The number of benzene rings is 1. The zero-order valence-electron chi connectivity index (χ0n) is 14.6. The molecule has 1 N–H and O–H groups in total. The molecule has 0 bridgehead atoms. The Kier molecular flexibility index (Phi) is 5.02. The summed E-state index contributed by atoms with van der Waals surface area (Å²) in [6.07, 6.45) is 3.59. The lowest BCUT2D eigenvalue weighted by molar-refractivity contribution is -0.130. The summed E-state index contributed by atoms with van der Waals surface area (Å²) in [5, 5.41) is 3.09. The number of carbonyl (C=O) groups excluding carboxylic acids is 2. The van der Waals surface area contributed by atoms with Crippen molar-refractivity contribution < 1.29 is 9.59 Å². The van der Waals surface area contributed by atoms with Crippen molar-refractivity contribution in [2.24, 2.45) is 7.05 Å². The Morgan fingerprint density at radius 1 is 1.08 bits per heavy atom. The fourth-order valence-corrected chi connectivity index (χ4v) is 3.04. The molecule has 25 heavy (non-hydrogen) atoms. The van der Waals surface area contributed by atoms with Gasteiger partial charge in [0.15, 0.2) is 0 Å². The molecule has 0 aliphatic carbocycles. The molecule has 7 heteroatoms. The fraction of sp³-hybridized carbons (Fsp3) is 0.389. The Hall–Kier alpha value is -2.83. The third-order valence-corrected chi connectivity index (χ3v) is 4.53. The first-order valence-electron chi connectivity index (χ1n) is 8.39. The van der Waals surface area contributed by atoms with E-state index in [-0.39, 0.29) is 18.0 Å². The second-order valence-corrected chi connectivity index (χ2v) is 6.18. The molecule has 1 aliphatic heterocycles. The van der Waals surface area contributed by atoms with E-state index in [9.17, 15) is 9.59 Å². The first-order chi connectivity index (χ1) is 12.1. The van der Waals surface area contributed by atoms with Gasteiger partial charge >= 0.3 is 6.03 Å². The summed E-state index contributed by atoms with van der Waals surface area (Å²) in [6.45, 7) is 3.77. The molecular weight excluding hydrogens is 318 g/mol. The molecule has 7 nitrogen and oxygen atoms in total. The molecule has 3 rings (SSSR count). The van der Waals surface area contributed by atoms with E-state index < -0.39 is 0 Å². The van der Waals surface area contributed by atoms with Crippen LogP contribution >= 0.6 is 0 Å². The summed E-state index contributed by atoms with van der Waals surface area (Å²) in [6, 6.07) is 9.34. The summed E-state index contributed by atoms with van der Waals surface area (Å²) in [7, 11) is 1.91. The number of nitrogens with zero attached hydrogens (tertiary/aromatic N) is 4. The quantitative estimate of drug-likeness (QED) is 0.917. The standard InChI is InChI=1S/C18H23N5O2/c1-14(24)22-10-12-23(13-11-22)18(25)20-16(15-6-4-3-5-7-15)17-19-8-9-21(17)2/h3-9,16H,10-13H2,1-2H3,(H,20,25)/t16-/m0/s1. The van der Waals surface area contributed by atoms with Gasteiger partial charge in [-0.25, -0.2) is 9.78 Å². The van der Waals surface area contributed by atoms with Gasteiger partial charge < -0.3 is 19.7 Å². The Balaban J connectivity index is 1.74. The normalized spacial score (nSPS) is 15.8. The summed E-state index contributed by atoms with van der Waals surface area (Å²) < 4.78 is 1.91. The molecule has 2 heterocycles. The molecule has 0 spiro atoms. The van der Waals surface area contributed by atoms with Crippen molar-refractivity contribution in [3.8, 4) is 0 Å². The number of hydrogen-bond acceptors (Lipinski definition) is 3. The summed E-state index contributed by atoms with van der Waals surface area (Å²) >= 11 is 0. The number of nitrogens with one attached hydrogen (secondary N) is 1. The second kappa shape index (κ2) is 7.38. The van der Waals surface area contributed by atoms with Gasteiger partial charge in [-0.15, -0.1) is 0 Å². The lowest BCUT2D eigenvalue weighted by atomic mass is 10.1. The van der Waals surface area contributed by atoms with Crippen LogP contribution in [0, 0.1) is 0 Å². The number of imidazole rings is 1. The Bertz CT molecular complexity index is 735. The first kappa shape index (κ1) is 17.0. The highest BCUT2D eigenvalue weighted by Gasteiger charge is 2.26. The van der Waals surface area contributed by atoms with Crippen LogP contribution in [0.4, 0.5) is 4.79 Å². The highest BCUT2D eigenvalue weighted by Crippen LogP contribution is 2.20. The van der Waals surface area contributed by atoms with Gasteiger partial charge in [-0.2, -0.15) is 0 Å². The molecule has 1 fully saturated rings. The predicted molar refractivity (Wildman–Crippen MR) is 93.9 cm³/mol. The SMILES string of the molecule is CC(=O)N1CCN(C(=O)N[C@@H](c2ccccc2)c2nccn2C)CC1. The van der Waals surface area contributed by atoms with Crippen LogP contribution in [-0.2, 0) is 11.8 Å². The van der Waals surface area contributed by atoms with Crippen LogP contribution in [0.3, 0.4) is 0 Å². The average molecular weight is 341 g/mol. The highest BCUT2D eigenvalue weighted by molar-refractivity contribution is 5.76. The van der Waals surface area contributed by atoms with E-state index in [0.717, 1.165) is 11.4 Å². The monoisotopic (exact) mass is 341 g/mol. The highest BCUT2D eigenvalue weighted by atomic mass is 16.2. The van der Waals surface area contributed by atoms with Crippen LogP contribution in [0.15, 0.2) is 42.7 Å². The van der Waals surface area contributed by atoms with Crippen molar-refractivity contribution in [2.45, 2.75) is 13.0 Å². The Morgan fingerprint density at radius 3 is 2.28 bits per heavy atom. The van der Waals surface area contributed by atoms with Crippen molar-refractivity contribution in [1.29, 1.82) is 0 Å². The average Bonchev–Trinajstić information content (AvgIpc) is 3.06. The van der Waals surface area contributed by atoms with Crippen molar-refractivity contribution in [1.82, 2.24) is 24.7 Å². The Morgan fingerprint density at radius 2 is 1.72 bits per heavy atom. The van der Waals surface area contributed by atoms with E-state index in [0.29, 0.717) is 26.2 Å². The van der Waals surface area contributed by atoms with Crippen molar-refractivity contribution in [3.05, 3.63) is 54.1 Å². The van der Waals surface area contributed by atoms with E-state index in [1.54, 1.807) is 22.9 Å². The number of aryl methyl sites for hydroxylation is 1. The van der Waals surface area contributed by atoms with Gasteiger partial charge in [0, 0.05) is 52.5 Å². The lowest BCUT2D eigenvalue weighted by Crippen LogP contribution is -2.53. The number of amides is 3. The predicted octanol–water partition coefficient (Wildman–Crippen LogP) is 1.38. The van der Waals surface area contributed by atoms with E-state index in [1.807, 2.05) is 48.1 Å². The summed E-state index contributed by atoms with van der Waals surface area (Å²) in [5.41, 5.74) is 0.979. The minimum atomic E-state index is -0.320. The van der Waals surface area contributed by atoms with Crippen molar-refractivity contribution >= 4 is 11.9 Å². The third kappa shape index (κ3) is 3.81. The maximum atomic E-state index is 12.7. The second-order valence-electron chi connectivity index (χ2n) is 6.18. The van der Waals surface area contributed by atoms with Crippen LogP contribution in [0.5, 0.6) is 0 Å². The molecule has 0 saturated carbocycles. The largest absolute Gasteiger partial charge is 0.339 e. The molecular formula is C18H23N5O2. The Labute approximate surface area is 147 Å². The maximum Gasteiger partial charge on any atom is 0.318 e. The molecule has 1 atom stereocenters. The number of rotatable bonds is 3. The minimum absolute atomic E-state index is 0.0511. The number of aromatic nitrogens is 2. The van der Waals surface area contributed by atoms with Gasteiger partial charge in [0.2, 0.25) is 5.91 Å². The fourth-order valence-electron chi connectivity index (χ4n) is 3.04. The number of carbonyl (C=O) groups is 2. The smallest absolute Gasteiger partial charge is 0.318 e. The number of urea groups is 1. The summed E-state index contributed by atoms with van der Waals surface area (Å²) in [4.78, 5) is 32.1. The topological polar surface area (TPSA) is 70.5 Å². The van der Waals surface area contributed by atoms with Crippen LogP contribution in [0.2, 0.25) is 0 Å². The third-order valence-electron chi connectivity index (χ3n) is 4.53. The van der Waals surface area contributed by atoms with Crippen molar-refractivity contribution in [3.63, 3.8) is 0 Å². The molecule has 2 aromatic rings. The minimum Gasteiger partial charge on any atom is -0.339 e. The van der Waals surface area contributed by atoms with Gasteiger partial charge in [0.05, 0.1) is 0 Å². The molecule has 3 amide bonds. The van der Waals surface area contributed by atoms with Crippen LogP contribution in [0.1, 0.15) is 24.4 Å². The van der Waals surface area contributed by atoms with Gasteiger partial charge in [-0.1, -0.05) is 30.3 Å². The van der Waals surface area contributed by atoms with Gasteiger partial charge in [-0.05, 0) is 5.56 Å². The molecule has 1 aromatic carbocycles. The molecule has 1 aromatic heterocycles. The zero-order valence-corrected chi connectivity index (χ0v) is 14.6. The van der Waals surface area contributed by atoms with Gasteiger partial charge in [-0.3, -0.25) is 4.79 Å². The number of hydrogen-bond donors (Lipinski definition) is 1. The van der Waals surface area contributed by atoms with Crippen LogP contribution in [-0.4, -0.2) is 57.5 Å². The molecule has 1 aliphatic rings. The molecule has 132 valence electrons. The maximum absolute atomic E-state index is 12.7. The summed E-state index contributed by atoms with van der Waals surface area (Å²) in [5.74, 6) is 0.831. The number of piperazine rings is 1. The van der Waals surface area contributed by atoms with Crippen LogP contribution < -0.4 is 5.32 Å².